The molecule has 2 amide bonds. The van der Waals surface area contributed by atoms with Crippen LogP contribution in [0.25, 0.3) is 0 Å². The van der Waals surface area contributed by atoms with Crippen LogP contribution in [-0.2, 0) is 9.53 Å². The first kappa shape index (κ1) is 17.8. The van der Waals surface area contributed by atoms with Crippen molar-refractivity contribution in [3.8, 4) is 0 Å². The van der Waals surface area contributed by atoms with Gasteiger partial charge in [-0.05, 0) is 12.1 Å². The zero-order chi connectivity index (χ0) is 17.8. The third-order valence-corrected chi connectivity index (χ3v) is 4.54. The fourth-order valence-corrected chi connectivity index (χ4v) is 3.04. The summed E-state index contributed by atoms with van der Waals surface area (Å²) in [6.07, 6.45) is 0. The van der Waals surface area contributed by atoms with Crippen molar-refractivity contribution in [2.75, 3.05) is 59.0 Å². The highest BCUT2D eigenvalue weighted by atomic mass is 19.1. The summed E-state index contributed by atoms with van der Waals surface area (Å²) in [4.78, 5) is 30.0. The highest BCUT2D eigenvalue weighted by Gasteiger charge is 2.27. The van der Waals surface area contributed by atoms with Crippen LogP contribution in [0.1, 0.15) is 10.4 Å². The molecule has 2 aliphatic rings. The molecular formula is C17H21F2N3O3. The van der Waals surface area contributed by atoms with Gasteiger partial charge in [0, 0.05) is 45.3 Å². The van der Waals surface area contributed by atoms with Crippen LogP contribution < -0.4 is 0 Å². The Kier molecular flexibility index (Phi) is 5.60. The predicted octanol–water partition coefficient (Wildman–Crippen LogP) is 0.581. The molecule has 6 nitrogen and oxygen atoms in total. The van der Waals surface area contributed by atoms with E-state index in [1.165, 1.54) is 4.90 Å². The van der Waals surface area contributed by atoms with Crippen molar-refractivity contribution < 1.29 is 23.1 Å². The van der Waals surface area contributed by atoms with Crippen LogP contribution in [-0.4, -0.2) is 85.5 Å². The molecule has 2 aliphatic heterocycles. The van der Waals surface area contributed by atoms with E-state index in [2.05, 4.69) is 4.90 Å². The molecule has 0 aliphatic carbocycles. The van der Waals surface area contributed by atoms with Crippen molar-refractivity contribution in [2.45, 2.75) is 0 Å². The Hall–Kier alpha value is -2.06. The fourth-order valence-electron chi connectivity index (χ4n) is 3.04. The number of piperazine rings is 1. The number of ether oxygens (including phenoxy) is 1. The van der Waals surface area contributed by atoms with Gasteiger partial charge >= 0.3 is 0 Å². The van der Waals surface area contributed by atoms with Gasteiger partial charge in [-0.2, -0.15) is 0 Å². The topological polar surface area (TPSA) is 53.1 Å². The molecule has 0 aromatic heterocycles. The minimum atomic E-state index is -0.865. The van der Waals surface area contributed by atoms with E-state index in [0.717, 1.165) is 25.2 Å². The second-order valence-electron chi connectivity index (χ2n) is 6.19. The molecule has 0 unspecified atom stereocenters. The molecule has 2 saturated heterocycles. The van der Waals surface area contributed by atoms with E-state index in [0.29, 0.717) is 52.0 Å². The van der Waals surface area contributed by atoms with Gasteiger partial charge in [-0.15, -0.1) is 0 Å². The molecule has 1 aromatic carbocycles. The van der Waals surface area contributed by atoms with Gasteiger partial charge in [-0.1, -0.05) is 0 Å². The normalized spacial score (nSPS) is 19.1. The lowest BCUT2D eigenvalue weighted by molar-refractivity contribution is -0.134. The highest BCUT2D eigenvalue weighted by molar-refractivity contribution is 5.94. The number of rotatable bonds is 3. The minimum Gasteiger partial charge on any atom is -0.379 e. The molecule has 2 fully saturated rings. The van der Waals surface area contributed by atoms with Gasteiger partial charge in [0.15, 0.2) is 0 Å². The van der Waals surface area contributed by atoms with Gasteiger partial charge in [-0.3, -0.25) is 14.5 Å². The average Bonchev–Trinajstić information content (AvgIpc) is 2.62. The molecule has 136 valence electrons. The van der Waals surface area contributed by atoms with Crippen LogP contribution in [0.15, 0.2) is 18.2 Å². The summed E-state index contributed by atoms with van der Waals surface area (Å²) >= 11 is 0. The first-order valence-electron chi connectivity index (χ1n) is 8.37. The van der Waals surface area contributed by atoms with Gasteiger partial charge in [0.05, 0.1) is 25.3 Å². The van der Waals surface area contributed by atoms with Gasteiger partial charge in [-0.25, -0.2) is 8.78 Å². The monoisotopic (exact) mass is 353 g/mol. The summed E-state index contributed by atoms with van der Waals surface area (Å²) in [7, 11) is 0. The van der Waals surface area contributed by atoms with Crippen molar-refractivity contribution >= 4 is 11.8 Å². The maximum atomic E-state index is 13.8. The van der Waals surface area contributed by atoms with Crippen molar-refractivity contribution in [3.05, 3.63) is 35.4 Å². The average molecular weight is 353 g/mol. The van der Waals surface area contributed by atoms with E-state index >= 15 is 0 Å². The van der Waals surface area contributed by atoms with E-state index < -0.39 is 17.5 Å². The molecule has 0 saturated carbocycles. The van der Waals surface area contributed by atoms with E-state index in [4.69, 9.17) is 4.74 Å². The molecule has 1 aromatic rings. The summed E-state index contributed by atoms with van der Waals surface area (Å²) in [6, 6.07) is 2.93. The molecule has 0 N–H and O–H groups in total. The maximum absolute atomic E-state index is 13.8. The van der Waals surface area contributed by atoms with Gasteiger partial charge in [0.25, 0.3) is 5.91 Å². The zero-order valence-corrected chi connectivity index (χ0v) is 13.9. The number of benzene rings is 1. The SMILES string of the molecule is O=C(CN1CCOCC1)N1CCN(C(=O)c2ccc(F)cc2F)CC1. The lowest BCUT2D eigenvalue weighted by Crippen LogP contribution is -2.53. The molecule has 0 radical (unpaired) electrons. The number of carbonyl (C=O) groups excluding carboxylic acids is 2. The fraction of sp³-hybridized carbons (Fsp3) is 0.529. The van der Waals surface area contributed by atoms with E-state index in [-0.39, 0.29) is 11.5 Å². The molecule has 0 atom stereocenters. The Morgan fingerprint density at radius 3 is 2.24 bits per heavy atom. The first-order valence-corrected chi connectivity index (χ1v) is 8.37. The Balaban J connectivity index is 1.52. The van der Waals surface area contributed by atoms with Crippen molar-refractivity contribution in [3.63, 3.8) is 0 Å². The third-order valence-electron chi connectivity index (χ3n) is 4.54. The van der Waals surface area contributed by atoms with Crippen LogP contribution in [0.3, 0.4) is 0 Å². The standard InChI is InChI=1S/C17H21F2N3O3/c18-13-1-2-14(15(19)11-13)17(24)22-5-3-21(4-6-22)16(23)12-20-7-9-25-10-8-20/h1-2,11H,3-10,12H2. The molecular weight excluding hydrogens is 332 g/mol. The maximum Gasteiger partial charge on any atom is 0.256 e. The van der Waals surface area contributed by atoms with Gasteiger partial charge in [0.2, 0.25) is 5.91 Å². The van der Waals surface area contributed by atoms with Crippen LogP contribution >= 0.6 is 0 Å². The summed E-state index contributed by atoms with van der Waals surface area (Å²) in [5.41, 5.74) is -0.144. The smallest absolute Gasteiger partial charge is 0.256 e. The van der Waals surface area contributed by atoms with Crippen molar-refractivity contribution in [2.24, 2.45) is 0 Å². The summed E-state index contributed by atoms with van der Waals surface area (Å²) in [5, 5.41) is 0. The number of hydrogen-bond donors (Lipinski definition) is 0. The number of carbonyl (C=O) groups is 2. The summed E-state index contributed by atoms with van der Waals surface area (Å²) in [6.45, 7) is 4.62. The Morgan fingerprint density at radius 1 is 0.960 bits per heavy atom. The largest absolute Gasteiger partial charge is 0.379 e. The molecule has 2 heterocycles. The third kappa shape index (κ3) is 4.32. The summed E-state index contributed by atoms with van der Waals surface area (Å²) in [5.74, 6) is -2.02. The van der Waals surface area contributed by atoms with Crippen molar-refractivity contribution in [1.29, 1.82) is 0 Å². The molecule has 8 heteroatoms. The lowest BCUT2D eigenvalue weighted by Gasteiger charge is -2.36. The molecule has 0 spiro atoms. The number of halogens is 2. The minimum absolute atomic E-state index is 0.0296. The first-order chi connectivity index (χ1) is 12.0. The number of hydrogen-bond acceptors (Lipinski definition) is 4. The van der Waals surface area contributed by atoms with Crippen LogP contribution in [0, 0.1) is 11.6 Å². The quantitative estimate of drug-likeness (QED) is 0.798. The zero-order valence-electron chi connectivity index (χ0n) is 13.9. The van der Waals surface area contributed by atoms with Crippen LogP contribution in [0.4, 0.5) is 8.78 Å². The van der Waals surface area contributed by atoms with E-state index in [1.807, 2.05) is 0 Å². The van der Waals surface area contributed by atoms with E-state index in [9.17, 15) is 18.4 Å². The Labute approximate surface area is 144 Å². The second-order valence-corrected chi connectivity index (χ2v) is 6.19. The molecule has 25 heavy (non-hydrogen) atoms. The number of amides is 2. The van der Waals surface area contributed by atoms with Crippen LogP contribution in [0.5, 0.6) is 0 Å². The second kappa shape index (κ2) is 7.88. The van der Waals surface area contributed by atoms with Gasteiger partial charge in [0.1, 0.15) is 11.6 Å². The number of nitrogens with zero attached hydrogens (tertiary/aromatic N) is 3. The highest BCUT2D eigenvalue weighted by Crippen LogP contribution is 2.14. The molecule has 3 rings (SSSR count). The predicted molar refractivity (Wildman–Crippen MR) is 86.1 cm³/mol. The Morgan fingerprint density at radius 2 is 1.60 bits per heavy atom. The van der Waals surface area contributed by atoms with E-state index in [1.54, 1.807) is 4.90 Å². The van der Waals surface area contributed by atoms with Crippen LogP contribution in [0.2, 0.25) is 0 Å². The number of morpholine rings is 1. The van der Waals surface area contributed by atoms with Crippen molar-refractivity contribution in [1.82, 2.24) is 14.7 Å². The Bertz CT molecular complexity index is 642. The van der Waals surface area contributed by atoms with Gasteiger partial charge < -0.3 is 14.5 Å². The molecule has 0 bridgehead atoms. The lowest BCUT2D eigenvalue weighted by atomic mass is 10.1. The summed E-state index contributed by atoms with van der Waals surface area (Å²) < 4.78 is 32.0.